The minimum absolute atomic E-state index is 0.252. The van der Waals surface area contributed by atoms with Gasteiger partial charge in [0.2, 0.25) is 5.95 Å². The van der Waals surface area contributed by atoms with E-state index >= 15 is 0 Å². The third-order valence-corrected chi connectivity index (χ3v) is 3.85. The third-order valence-electron chi connectivity index (χ3n) is 3.85. The van der Waals surface area contributed by atoms with Crippen molar-refractivity contribution >= 4 is 17.5 Å². The first kappa shape index (κ1) is 13.8. The lowest BCUT2D eigenvalue weighted by Gasteiger charge is -2.31. The molecule has 2 heterocycles. The van der Waals surface area contributed by atoms with E-state index in [9.17, 15) is 4.39 Å². The van der Waals surface area contributed by atoms with Gasteiger partial charge in [-0.1, -0.05) is 6.92 Å². The van der Waals surface area contributed by atoms with Crippen molar-refractivity contribution in [2.45, 2.75) is 19.8 Å². The summed E-state index contributed by atoms with van der Waals surface area (Å²) in [7, 11) is 0. The molecular weight excluding hydrogens is 267 g/mol. The number of rotatable bonds is 3. The van der Waals surface area contributed by atoms with Crippen molar-refractivity contribution < 1.29 is 4.39 Å². The van der Waals surface area contributed by atoms with E-state index in [0.717, 1.165) is 30.5 Å². The van der Waals surface area contributed by atoms with E-state index in [1.54, 1.807) is 18.3 Å². The van der Waals surface area contributed by atoms with Crippen molar-refractivity contribution in [1.82, 2.24) is 9.97 Å². The number of nitrogens with zero attached hydrogens (tertiary/aromatic N) is 3. The third kappa shape index (κ3) is 3.48. The summed E-state index contributed by atoms with van der Waals surface area (Å²) in [5, 5.41) is 3.10. The minimum atomic E-state index is -0.252. The Labute approximate surface area is 124 Å². The first-order valence-corrected chi connectivity index (χ1v) is 7.31. The van der Waals surface area contributed by atoms with E-state index in [1.165, 1.54) is 25.0 Å². The predicted molar refractivity (Wildman–Crippen MR) is 82.3 cm³/mol. The predicted octanol–water partition coefficient (Wildman–Crippen LogP) is 3.60. The van der Waals surface area contributed by atoms with Gasteiger partial charge < -0.3 is 10.2 Å². The average Bonchev–Trinajstić information content (AvgIpc) is 2.51. The lowest BCUT2D eigenvalue weighted by Crippen LogP contribution is -2.33. The summed E-state index contributed by atoms with van der Waals surface area (Å²) in [5.74, 6) is 2.02. The molecule has 110 valence electrons. The van der Waals surface area contributed by atoms with E-state index < -0.39 is 0 Å². The molecule has 0 bridgehead atoms. The second kappa shape index (κ2) is 6.08. The van der Waals surface area contributed by atoms with Crippen LogP contribution < -0.4 is 10.2 Å². The van der Waals surface area contributed by atoms with Gasteiger partial charge in [-0.3, -0.25) is 0 Å². The molecule has 0 spiro atoms. The van der Waals surface area contributed by atoms with Gasteiger partial charge in [0, 0.05) is 25.0 Å². The number of anilines is 3. The molecule has 0 saturated carbocycles. The van der Waals surface area contributed by atoms with Crippen LogP contribution in [-0.2, 0) is 0 Å². The monoisotopic (exact) mass is 286 g/mol. The van der Waals surface area contributed by atoms with Crippen molar-refractivity contribution in [2.75, 3.05) is 23.3 Å². The fraction of sp³-hybridized carbons (Fsp3) is 0.375. The van der Waals surface area contributed by atoms with Crippen LogP contribution >= 0.6 is 0 Å². The van der Waals surface area contributed by atoms with Gasteiger partial charge in [-0.15, -0.1) is 0 Å². The van der Waals surface area contributed by atoms with Gasteiger partial charge in [0.1, 0.15) is 11.6 Å². The van der Waals surface area contributed by atoms with E-state index in [-0.39, 0.29) is 5.82 Å². The van der Waals surface area contributed by atoms with Gasteiger partial charge in [0.05, 0.1) is 0 Å². The zero-order valence-electron chi connectivity index (χ0n) is 12.1. The number of piperidine rings is 1. The molecule has 1 N–H and O–H groups in total. The smallest absolute Gasteiger partial charge is 0.229 e. The van der Waals surface area contributed by atoms with Gasteiger partial charge in [-0.2, -0.15) is 4.98 Å². The molecule has 1 fully saturated rings. The highest BCUT2D eigenvalue weighted by Gasteiger charge is 2.17. The van der Waals surface area contributed by atoms with Gasteiger partial charge in [0.25, 0.3) is 0 Å². The number of hydrogen-bond acceptors (Lipinski definition) is 4. The van der Waals surface area contributed by atoms with E-state index in [4.69, 9.17) is 0 Å². The Morgan fingerprint density at radius 1 is 1.14 bits per heavy atom. The zero-order valence-corrected chi connectivity index (χ0v) is 12.1. The first-order chi connectivity index (χ1) is 10.2. The summed E-state index contributed by atoms with van der Waals surface area (Å²) >= 11 is 0. The maximum absolute atomic E-state index is 12.9. The molecule has 21 heavy (non-hydrogen) atoms. The Morgan fingerprint density at radius 2 is 1.86 bits per heavy atom. The van der Waals surface area contributed by atoms with Crippen LogP contribution in [0.4, 0.5) is 21.8 Å². The SMILES string of the molecule is CC1CCN(c2ccnc(Nc3ccc(F)cc3)n2)CC1. The molecule has 0 atom stereocenters. The summed E-state index contributed by atoms with van der Waals surface area (Å²) in [5.41, 5.74) is 0.779. The normalized spacial score (nSPS) is 16.0. The summed E-state index contributed by atoms with van der Waals surface area (Å²) in [6.45, 7) is 4.36. The molecule has 5 heteroatoms. The maximum Gasteiger partial charge on any atom is 0.229 e. The Morgan fingerprint density at radius 3 is 2.57 bits per heavy atom. The molecule has 1 aliphatic heterocycles. The number of halogens is 1. The minimum Gasteiger partial charge on any atom is -0.356 e. The van der Waals surface area contributed by atoms with Gasteiger partial charge in [-0.05, 0) is 49.1 Å². The average molecular weight is 286 g/mol. The van der Waals surface area contributed by atoms with Crippen molar-refractivity contribution in [3.8, 4) is 0 Å². The van der Waals surface area contributed by atoms with Crippen LogP contribution in [0.2, 0.25) is 0 Å². The van der Waals surface area contributed by atoms with Gasteiger partial charge in [-0.25, -0.2) is 9.37 Å². The van der Waals surface area contributed by atoms with Crippen molar-refractivity contribution in [3.63, 3.8) is 0 Å². The van der Waals surface area contributed by atoms with Crippen LogP contribution in [0.5, 0.6) is 0 Å². The van der Waals surface area contributed by atoms with E-state index in [0.29, 0.717) is 5.95 Å². The molecule has 0 amide bonds. The molecule has 2 aromatic rings. The summed E-state index contributed by atoms with van der Waals surface area (Å²) in [6, 6.07) is 8.12. The number of hydrogen-bond donors (Lipinski definition) is 1. The molecule has 1 aliphatic rings. The Kier molecular flexibility index (Phi) is 3.99. The van der Waals surface area contributed by atoms with Crippen LogP contribution in [0.25, 0.3) is 0 Å². The largest absolute Gasteiger partial charge is 0.356 e. The fourth-order valence-electron chi connectivity index (χ4n) is 2.49. The van der Waals surface area contributed by atoms with Gasteiger partial charge >= 0.3 is 0 Å². The highest BCUT2D eigenvalue weighted by atomic mass is 19.1. The summed E-state index contributed by atoms with van der Waals surface area (Å²) in [6.07, 6.45) is 4.15. The van der Waals surface area contributed by atoms with E-state index in [1.807, 2.05) is 6.07 Å². The van der Waals surface area contributed by atoms with Crippen LogP contribution in [-0.4, -0.2) is 23.1 Å². The summed E-state index contributed by atoms with van der Waals surface area (Å²) < 4.78 is 12.9. The fourth-order valence-corrected chi connectivity index (χ4v) is 2.49. The Hall–Kier alpha value is -2.17. The van der Waals surface area contributed by atoms with E-state index in [2.05, 4.69) is 27.1 Å². The van der Waals surface area contributed by atoms with Crippen LogP contribution in [0.1, 0.15) is 19.8 Å². The molecule has 0 radical (unpaired) electrons. The molecule has 1 aromatic heterocycles. The Bertz CT molecular complexity index is 591. The first-order valence-electron chi connectivity index (χ1n) is 7.31. The molecule has 4 nitrogen and oxygen atoms in total. The van der Waals surface area contributed by atoms with Crippen LogP contribution in [0.15, 0.2) is 36.5 Å². The quantitative estimate of drug-likeness (QED) is 0.936. The van der Waals surface area contributed by atoms with Crippen molar-refractivity contribution in [1.29, 1.82) is 0 Å². The van der Waals surface area contributed by atoms with Crippen LogP contribution in [0, 0.1) is 11.7 Å². The summed E-state index contributed by atoms with van der Waals surface area (Å²) in [4.78, 5) is 11.1. The van der Waals surface area contributed by atoms with Gasteiger partial charge in [0.15, 0.2) is 0 Å². The highest BCUT2D eigenvalue weighted by Crippen LogP contribution is 2.22. The van der Waals surface area contributed by atoms with Crippen molar-refractivity contribution in [2.24, 2.45) is 5.92 Å². The Balaban J connectivity index is 1.72. The zero-order chi connectivity index (χ0) is 14.7. The second-order valence-electron chi connectivity index (χ2n) is 5.54. The molecule has 0 aliphatic carbocycles. The molecule has 0 unspecified atom stereocenters. The van der Waals surface area contributed by atoms with Crippen LogP contribution in [0.3, 0.4) is 0 Å². The standard InChI is InChI=1S/C16H19FN4/c1-12-7-10-21(11-8-12)15-6-9-18-16(20-15)19-14-4-2-13(17)3-5-14/h2-6,9,12H,7-8,10-11H2,1H3,(H,18,19,20). The number of nitrogens with one attached hydrogen (secondary N) is 1. The molecular formula is C16H19FN4. The topological polar surface area (TPSA) is 41.1 Å². The molecule has 3 rings (SSSR count). The lowest BCUT2D eigenvalue weighted by molar-refractivity contribution is 0.436. The molecule has 1 aromatic carbocycles. The second-order valence-corrected chi connectivity index (χ2v) is 5.54. The lowest BCUT2D eigenvalue weighted by atomic mass is 9.99. The maximum atomic E-state index is 12.9. The van der Waals surface area contributed by atoms with Crippen molar-refractivity contribution in [3.05, 3.63) is 42.3 Å². The number of aromatic nitrogens is 2. The number of benzene rings is 1. The molecule has 1 saturated heterocycles. The highest BCUT2D eigenvalue weighted by molar-refractivity contribution is 5.54.